The molecule has 2 aliphatic rings. The molecule has 1 aromatic carbocycles. The first-order chi connectivity index (χ1) is 15.4. The van der Waals surface area contributed by atoms with E-state index in [0.717, 1.165) is 22.4 Å². The quantitative estimate of drug-likeness (QED) is 0.534. The minimum absolute atomic E-state index is 0.165. The average Bonchev–Trinajstić information content (AvgIpc) is 3.55. The molecule has 3 aromatic heterocycles. The van der Waals surface area contributed by atoms with Crippen molar-refractivity contribution in [1.82, 2.24) is 29.2 Å². The van der Waals surface area contributed by atoms with E-state index >= 15 is 4.39 Å². The number of hydrogen-bond acceptors (Lipinski definition) is 5. The molecule has 6 rings (SSSR count). The molecule has 4 aromatic rings. The molecular formula is C24H25FN6O. The zero-order valence-electron chi connectivity index (χ0n) is 18.2. The Morgan fingerprint density at radius 2 is 1.88 bits per heavy atom. The summed E-state index contributed by atoms with van der Waals surface area (Å²) in [5.41, 5.74) is 2.14. The fraction of sp³-hybridized carbons (Fsp3) is 0.417. The molecule has 1 aliphatic heterocycles. The van der Waals surface area contributed by atoms with Crippen LogP contribution in [0.4, 0.5) is 4.39 Å². The number of alkyl halides is 1. The summed E-state index contributed by atoms with van der Waals surface area (Å²) in [6.07, 6.45) is 8.78. The van der Waals surface area contributed by atoms with Crippen LogP contribution in [0.5, 0.6) is 0 Å². The number of fused-ring (bicyclic) bond motifs is 2. The molecule has 0 bridgehead atoms. The van der Waals surface area contributed by atoms with Crippen molar-refractivity contribution in [2.24, 2.45) is 0 Å². The maximum atomic E-state index is 15.8. The summed E-state index contributed by atoms with van der Waals surface area (Å²) in [6, 6.07) is 4.42. The molecule has 1 N–H and O–H groups in total. The van der Waals surface area contributed by atoms with Crippen LogP contribution >= 0.6 is 0 Å². The Morgan fingerprint density at radius 1 is 1.09 bits per heavy atom. The van der Waals surface area contributed by atoms with Crippen molar-refractivity contribution in [3.05, 3.63) is 58.2 Å². The molecule has 0 unspecified atom stereocenters. The van der Waals surface area contributed by atoms with Gasteiger partial charge >= 0.3 is 0 Å². The van der Waals surface area contributed by atoms with Crippen molar-refractivity contribution in [1.29, 1.82) is 0 Å². The molecule has 1 saturated carbocycles. The number of halogens is 1. The van der Waals surface area contributed by atoms with Gasteiger partial charge in [-0.1, -0.05) is 0 Å². The number of imidazole rings is 1. The van der Waals surface area contributed by atoms with Crippen molar-refractivity contribution in [2.45, 2.75) is 51.2 Å². The van der Waals surface area contributed by atoms with Gasteiger partial charge in [0.25, 0.3) is 5.56 Å². The summed E-state index contributed by atoms with van der Waals surface area (Å²) in [6.45, 7) is 5.26. The monoisotopic (exact) mass is 432 g/mol. The Balaban J connectivity index is 1.39. The van der Waals surface area contributed by atoms with Crippen LogP contribution in [-0.4, -0.2) is 48.4 Å². The summed E-state index contributed by atoms with van der Waals surface area (Å²) >= 11 is 0. The number of likely N-dealkylation sites (tertiary alicyclic amines) is 1. The maximum absolute atomic E-state index is 15.8. The van der Waals surface area contributed by atoms with Crippen molar-refractivity contribution in [2.75, 3.05) is 13.1 Å². The van der Waals surface area contributed by atoms with Crippen LogP contribution < -0.4 is 5.56 Å². The molecule has 8 heteroatoms. The molecule has 0 atom stereocenters. The second-order valence-electron chi connectivity index (χ2n) is 9.27. The predicted molar refractivity (Wildman–Crippen MR) is 120 cm³/mol. The fourth-order valence-corrected chi connectivity index (χ4v) is 4.87. The van der Waals surface area contributed by atoms with E-state index in [-0.39, 0.29) is 11.4 Å². The third-order valence-corrected chi connectivity index (χ3v) is 6.84. The van der Waals surface area contributed by atoms with E-state index < -0.39 is 5.67 Å². The second-order valence-corrected chi connectivity index (χ2v) is 9.27. The third kappa shape index (κ3) is 3.21. The first-order valence-corrected chi connectivity index (χ1v) is 11.2. The third-order valence-electron chi connectivity index (χ3n) is 6.84. The Bertz CT molecular complexity index is 1410. The van der Waals surface area contributed by atoms with E-state index in [4.69, 9.17) is 0 Å². The Labute approximate surface area is 184 Å². The second kappa shape index (κ2) is 6.93. The minimum atomic E-state index is -1.59. The lowest BCUT2D eigenvalue weighted by Crippen LogP contribution is -2.42. The molecule has 7 nitrogen and oxygen atoms in total. The van der Waals surface area contributed by atoms with Gasteiger partial charge in [-0.05, 0) is 49.9 Å². The number of H-pyrrole nitrogens is 1. The Hall–Kier alpha value is -3.13. The molecule has 1 aliphatic carbocycles. The molecule has 1 saturated heterocycles. The zero-order chi connectivity index (χ0) is 22.0. The Morgan fingerprint density at radius 3 is 2.62 bits per heavy atom. The first kappa shape index (κ1) is 19.5. The number of nitrogens with one attached hydrogen (secondary N) is 1. The van der Waals surface area contributed by atoms with Gasteiger partial charge in [0.1, 0.15) is 5.82 Å². The van der Waals surface area contributed by atoms with Gasteiger partial charge in [0, 0.05) is 56.1 Å². The highest BCUT2D eigenvalue weighted by Gasteiger charge is 2.42. The largest absolute Gasteiger partial charge is 0.307 e. The van der Waals surface area contributed by atoms with Crippen LogP contribution in [0, 0.1) is 13.8 Å². The summed E-state index contributed by atoms with van der Waals surface area (Å²) in [5.74, 6) is 0.798. The molecule has 2 fully saturated rings. The van der Waals surface area contributed by atoms with Crippen LogP contribution in [0.1, 0.15) is 42.8 Å². The number of aromatic amines is 1. The number of piperidine rings is 1. The van der Waals surface area contributed by atoms with Crippen LogP contribution in [0.15, 0.2) is 35.5 Å². The van der Waals surface area contributed by atoms with E-state index in [1.807, 2.05) is 42.8 Å². The lowest BCUT2D eigenvalue weighted by atomic mass is 9.92. The van der Waals surface area contributed by atoms with E-state index in [9.17, 15) is 4.79 Å². The summed E-state index contributed by atoms with van der Waals surface area (Å²) in [4.78, 5) is 31.5. The van der Waals surface area contributed by atoms with E-state index in [1.54, 1.807) is 6.20 Å². The van der Waals surface area contributed by atoms with E-state index in [1.165, 1.54) is 12.8 Å². The number of aryl methyl sites for hydroxylation is 2. The van der Waals surface area contributed by atoms with Crippen LogP contribution in [0.2, 0.25) is 0 Å². The average molecular weight is 433 g/mol. The van der Waals surface area contributed by atoms with Gasteiger partial charge < -0.3 is 9.88 Å². The highest BCUT2D eigenvalue weighted by atomic mass is 19.1. The standard InChI is InChI=1S/C24H25FN6O/c1-14-9-16(17-11-26-23-27-15(2)12-31(23)13-17)10-19-20(14)28-22(29-21(19)32)24(25)5-7-30(8-6-24)18-3-4-18/h9-13,18H,3-8H2,1-2H3,(H,28,29,32). The van der Waals surface area contributed by atoms with Gasteiger partial charge in [0.05, 0.1) is 16.6 Å². The SMILES string of the molecule is Cc1cn2cc(-c3cc(C)c4nc(C5(F)CCN(C6CC6)CC5)[nH]c(=O)c4c3)cnc2n1. The van der Waals surface area contributed by atoms with Gasteiger partial charge in [-0.3, -0.25) is 9.20 Å². The summed E-state index contributed by atoms with van der Waals surface area (Å²) in [7, 11) is 0. The Kier molecular flexibility index (Phi) is 4.24. The first-order valence-electron chi connectivity index (χ1n) is 11.2. The zero-order valence-corrected chi connectivity index (χ0v) is 18.2. The normalized spacial score (nSPS) is 19.1. The number of nitrogens with zero attached hydrogens (tertiary/aromatic N) is 5. The van der Waals surface area contributed by atoms with Crippen LogP contribution in [0.3, 0.4) is 0 Å². The van der Waals surface area contributed by atoms with Crippen molar-refractivity contribution >= 4 is 16.7 Å². The lowest BCUT2D eigenvalue weighted by molar-refractivity contribution is 0.0451. The molecule has 0 amide bonds. The molecule has 164 valence electrons. The highest BCUT2D eigenvalue weighted by molar-refractivity contribution is 5.86. The maximum Gasteiger partial charge on any atom is 0.258 e. The number of benzene rings is 1. The van der Waals surface area contributed by atoms with Crippen LogP contribution in [0.25, 0.3) is 27.8 Å². The molecule has 0 radical (unpaired) electrons. The van der Waals surface area contributed by atoms with Gasteiger partial charge in [-0.15, -0.1) is 0 Å². The molecular weight excluding hydrogens is 407 g/mol. The number of rotatable bonds is 3. The lowest BCUT2D eigenvalue weighted by Gasteiger charge is -2.35. The summed E-state index contributed by atoms with van der Waals surface area (Å²) in [5, 5.41) is 0.463. The summed E-state index contributed by atoms with van der Waals surface area (Å²) < 4.78 is 17.7. The van der Waals surface area contributed by atoms with Crippen molar-refractivity contribution in [3.8, 4) is 11.1 Å². The predicted octanol–water partition coefficient (Wildman–Crippen LogP) is 3.67. The van der Waals surface area contributed by atoms with Gasteiger partial charge in [-0.2, -0.15) is 0 Å². The van der Waals surface area contributed by atoms with Gasteiger partial charge in [0.15, 0.2) is 5.67 Å². The molecule has 4 heterocycles. The van der Waals surface area contributed by atoms with Gasteiger partial charge in [0.2, 0.25) is 5.78 Å². The topological polar surface area (TPSA) is 79.2 Å². The van der Waals surface area contributed by atoms with Gasteiger partial charge in [-0.25, -0.2) is 19.3 Å². The van der Waals surface area contributed by atoms with Crippen molar-refractivity contribution < 1.29 is 4.39 Å². The minimum Gasteiger partial charge on any atom is -0.307 e. The highest BCUT2D eigenvalue weighted by Crippen LogP contribution is 2.39. The fourth-order valence-electron chi connectivity index (χ4n) is 4.87. The van der Waals surface area contributed by atoms with E-state index in [2.05, 4.69) is 24.8 Å². The number of hydrogen-bond donors (Lipinski definition) is 1. The van der Waals surface area contributed by atoms with E-state index in [0.29, 0.717) is 48.7 Å². The number of aromatic nitrogens is 5. The molecule has 32 heavy (non-hydrogen) atoms. The molecule has 0 spiro atoms. The van der Waals surface area contributed by atoms with Crippen LogP contribution in [-0.2, 0) is 5.67 Å². The smallest absolute Gasteiger partial charge is 0.258 e. The van der Waals surface area contributed by atoms with Crippen molar-refractivity contribution in [3.63, 3.8) is 0 Å².